The Morgan fingerprint density at radius 2 is 2.17 bits per heavy atom. The highest BCUT2D eigenvalue weighted by Gasteiger charge is 2.18. The summed E-state index contributed by atoms with van der Waals surface area (Å²) in [5.74, 6) is -0.618. The van der Waals surface area contributed by atoms with E-state index >= 15 is 0 Å². The Morgan fingerprint density at radius 3 is 2.83 bits per heavy atom. The molecule has 1 aliphatic heterocycles. The van der Waals surface area contributed by atoms with Crippen molar-refractivity contribution in [3.8, 4) is 11.3 Å². The predicted octanol–water partition coefficient (Wildman–Crippen LogP) is 2.74. The van der Waals surface area contributed by atoms with Gasteiger partial charge in [0.1, 0.15) is 5.56 Å². The average molecular weight is 313 g/mol. The van der Waals surface area contributed by atoms with Crippen LogP contribution in [-0.4, -0.2) is 40.3 Å². The summed E-state index contributed by atoms with van der Waals surface area (Å²) in [6, 6.07) is 7.60. The van der Waals surface area contributed by atoms with Crippen LogP contribution >= 0.6 is 0 Å². The molecule has 1 unspecified atom stereocenters. The van der Waals surface area contributed by atoms with E-state index < -0.39 is 5.97 Å². The second-order valence-electron chi connectivity index (χ2n) is 5.64. The van der Waals surface area contributed by atoms with Crippen LogP contribution in [0.25, 0.3) is 11.3 Å². The molecule has 0 amide bonds. The van der Waals surface area contributed by atoms with Crippen LogP contribution in [0.2, 0.25) is 0 Å². The summed E-state index contributed by atoms with van der Waals surface area (Å²) in [6.45, 7) is 3.40. The third kappa shape index (κ3) is 3.65. The molecule has 0 saturated carbocycles. The molecule has 2 heterocycles. The maximum atomic E-state index is 11.4. The van der Waals surface area contributed by atoms with Crippen molar-refractivity contribution >= 4 is 11.9 Å². The largest absolute Gasteiger partial charge is 0.478 e. The van der Waals surface area contributed by atoms with Crippen LogP contribution in [-0.2, 0) is 4.74 Å². The maximum absolute atomic E-state index is 11.4. The van der Waals surface area contributed by atoms with Crippen LogP contribution in [0.15, 0.2) is 30.5 Å². The van der Waals surface area contributed by atoms with Crippen LogP contribution in [0, 0.1) is 6.92 Å². The van der Waals surface area contributed by atoms with Crippen molar-refractivity contribution in [3.63, 3.8) is 0 Å². The number of benzene rings is 1. The van der Waals surface area contributed by atoms with Crippen molar-refractivity contribution in [3.05, 3.63) is 41.6 Å². The number of aryl methyl sites for hydroxylation is 1. The van der Waals surface area contributed by atoms with Crippen molar-refractivity contribution in [2.24, 2.45) is 0 Å². The first-order valence-corrected chi connectivity index (χ1v) is 7.66. The van der Waals surface area contributed by atoms with E-state index in [2.05, 4.69) is 15.3 Å². The quantitative estimate of drug-likeness (QED) is 0.883. The van der Waals surface area contributed by atoms with E-state index in [-0.39, 0.29) is 11.7 Å². The first-order valence-electron chi connectivity index (χ1n) is 7.66. The Labute approximate surface area is 134 Å². The summed E-state index contributed by atoms with van der Waals surface area (Å²) in [5, 5.41) is 12.5. The smallest absolute Gasteiger partial charge is 0.339 e. The molecule has 1 saturated heterocycles. The third-order valence-electron chi connectivity index (χ3n) is 3.86. The van der Waals surface area contributed by atoms with E-state index in [0.717, 1.165) is 30.6 Å². The van der Waals surface area contributed by atoms with E-state index in [9.17, 15) is 9.90 Å². The summed E-state index contributed by atoms with van der Waals surface area (Å²) >= 11 is 0. The van der Waals surface area contributed by atoms with Crippen molar-refractivity contribution in [2.45, 2.75) is 25.9 Å². The highest BCUT2D eigenvalue weighted by molar-refractivity contribution is 5.94. The van der Waals surface area contributed by atoms with Gasteiger partial charge in [-0.2, -0.15) is 0 Å². The number of nitrogens with zero attached hydrogens (tertiary/aromatic N) is 2. The van der Waals surface area contributed by atoms with Crippen LogP contribution in [0.1, 0.15) is 28.8 Å². The number of rotatable bonds is 5. The minimum Gasteiger partial charge on any atom is -0.478 e. The van der Waals surface area contributed by atoms with Gasteiger partial charge in [-0.3, -0.25) is 0 Å². The number of carbonyl (C=O) groups is 1. The molecule has 1 aromatic heterocycles. The molecule has 1 aromatic carbocycles. The van der Waals surface area contributed by atoms with Crippen LogP contribution < -0.4 is 5.32 Å². The van der Waals surface area contributed by atoms with Gasteiger partial charge in [-0.1, -0.05) is 29.8 Å². The maximum Gasteiger partial charge on any atom is 0.339 e. The van der Waals surface area contributed by atoms with E-state index in [1.165, 1.54) is 6.20 Å². The van der Waals surface area contributed by atoms with Gasteiger partial charge in [-0.25, -0.2) is 14.8 Å². The number of anilines is 1. The summed E-state index contributed by atoms with van der Waals surface area (Å²) < 4.78 is 5.55. The Kier molecular flexibility index (Phi) is 4.52. The molecule has 120 valence electrons. The fraction of sp³-hybridized carbons (Fsp3) is 0.353. The van der Waals surface area contributed by atoms with Gasteiger partial charge in [0.05, 0.1) is 11.8 Å². The lowest BCUT2D eigenvalue weighted by Gasteiger charge is -2.12. The average Bonchev–Trinajstić information content (AvgIpc) is 3.07. The zero-order chi connectivity index (χ0) is 16.2. The van der Waals surface area contributed by atoms with Gasteiger partial charge < -0.3 is 15.2 Å². The Bertz CT molecular complexity index is 695. The van der Waals surface area contributed by atoms with Crippen LogP contribution in [0.5, 0.6) is 0 Å². The molecule has 0 spiro atoms. The molecule has 1 aliphatic rings. The molecule has 2 N–H and O–H groups in total. The molecule has 0 aliphatic carbocycles. The number of hydrogen-bond donors (Lipinski definition) is 2. The van der Waals surface area contributed by atoms with Crippen molar-refractivity contribution in [2.75, 3.05) is 18.5 Å². The minimum absolute atomic E-state index is 0.0940. The normalized spacial score (nSPS) is 17.2. The van der Waals surface area contributed by atoms with Crippen molar-refractivity contribution in [1.29, 1.82) is 0 Å². The number of carboxylic acid groups (broad SMARTS) is 1. The fourth-order valence-corrected chi connectivity index (χ4v) is 2.57. The highest BCUT2D eigenvalue weighted by Crippen LogP contribution is 2.23. The van der Waals surface area contributed by atoms with E-state index in [1.54, 1.807) is 0 Å². The van der Waals surface area contributed by atoms with E-state index in [4.69, 9.17) is 4.74 Å². The second-order valence-corrected chi connectivity index (χ2v) is 5.64. The molecule has 23 heavy (non-hydrogen) atoms. The molecule has 6 nitrogen and oxygen atoms in total. The van der Waals surface area contributed by atoms with E-state index in [1.807, 2.05) is 31.2 Å². The number of carboxylic acids is 1. The van der Waals surface area contributed by atoms with E-state index in [0.29, 0.717) is 18.2 Å². The van der Waals surface area contributed by atoms with Gasteiger partial charge >= 0.3 is 5.97 Å². The standard InChI is InChI=1S/C17H19N3O3/c1-11-4-6-12(7-5-11)15-14(16(21)22)10-19-17(20-15)18-9-13-3-2-8-23-13/h4-7,10,13H,2-3,8-9H2,1H3,(H,21,22)(H,18,19,20). The molecular formula is C17H19N3O3. The summed E-state index contributed by atoms with van der Waals surface area (Å²) in [6.07, 6.45) is 3.60. The molecule has 2 aromatic rings. The Morgan fingerprint density at radius 1 is 1.39 bits per heavy atom. The highest BCUT2D eigenvalue weighted by atomic mass is 16.5. The lowest BCUT2D eigenvalue weighted by Crippen LogP contribution is -2.20. The lowest BCUT2D eigenvalue weighted by molar-refractivity contribution is 0.0697. The van der Waals surface area contributed by atoms with Gasteiger partial charge in [-0.15, -0.1) is 0 Å². The SMILES string of the molecule is Cc1ccc(-c2nc(NCC3CCCO3)ncc2C(=O)O)cc1. The number of hydrogen-bond acceptors (Lipinski definition) is 5. The summed E-state index contributed by atoms with van der Waals surface area (Å²) in [4.78, 5) is 19.9. The number of aromatic carboxylic acids is 1. The monoisotopic (exact) mass is 313 g/mol. The van der Waals surface area contributed by atoms with Crippen LogP contribution in [0.3, 0.4) is 0 Å². The molecule has 6 heteroatoms. The molecule has 0 bridgehead atoms. The summed E-state index contributed by atoms with van der Waals surface area (Å²) in [5.41, 5.74) is 2.38. The molecule has 3 rings (SSSR count). The van der Waals surface area contributed by atoms with Crippen LogP contribution in [0.4, 0.5) is 5.95 Å². The number of ether oxygens (including phenoxy) is 1. The minimum atomic E-state index is -1.04. The van der Waals surface area contributed by atoms with Crippen molar-refractivity contribution < 1.29 is 14.6 Å². The molecule has 1 fully saturated rings. The molecular weight excluding hydrogens is 294 g/mol. The van der Waals surface area contributed by atoms with Gasteiger partial charge in [0, 0.05) is 24.9 Å². The van der Waals surface area contributed by atoms with Gasteiger partial charge in [-0.05, 0) is 19.8 Å². The van der Waals surface area contributed by atoms with Gasteiger partial charge in [0.15, 0.2) is 0 Å². The lowest BCUT2D eigenvalue weighted by atomic mass is 10.1. The fourth-order valence-electron chi connectivity index (χ4n) is 2.57. The van der Waals surface area contributed by atoms with Gasteiger partial charge in [0.2, 0.25) is 5.95 Å². The predicted molar refractivity (Wildman–Crippen MR) is 86.6 cm³/mol. The summed E-state index contributed by atoms with van der Waals surface area (Å²) in [7, 11) is 0. The zero-order valence-corrected chi connectivity index (χ0v) is 13.0. The Hall–Kier alpha value is -2.47. The second kappa shape index (κ2) is 6.75. The Balaban J connectivity index is 1.86. The first kappa shape index (κ1) is 15.4. The third-order valence-corrected chi connectivity index (χ3v) is 3.86. The molecule has 1 atom stereocenters. The topological polar surface area (TPSA) is 84.3 Å². The first-order chi connectivity index (χ1) is 11.1. The molecule has 0 radical (unpaired) electrons. The number of aromatic nitrogens is 2. The zero-order valence-electron chi connectivity index (χ0n) is 13.0. The van der Waals surface area contributed by atoms with Crippen molar-refractivity contribution in [1.82, 2.24) is 9.97 Å². The van der Waals surface area contributed by atoms with Gasteiger partial charge in [0.25, 0.3) is 0 Å². The number of nitrogens with one attached hydrogen (secondary N) is 1.